The summed E-state index contributed by atoms with van der Waals surface area (Å²) in [7, 11) is 3.32. The Labute approximate surface area is 173 Å². The molecule has 160 valence electrons. The third-order valence-electron chi connectivity index (χ3n) is 4.35. The van der Waals surface area contributed by atoms with Crippen molar-refractivity contribution in [2.24, 2.45) is 15.1 Å². The van der Waals surface area contributed by atoms with Crippen molar-refractivity contribution in [3.05, 3.63) is 59.3 Å². The van der Waals surface area contributed by atoms with Gasteiger partial charge in [0.25, 0.3) is 0 Å². The number of nitrogens with one attached hydrogen (secondary N) is 1. The second-order valence-corrected chi connectivity index (χ2v) is 6.63. The van der Waals surface area contributed by atoms with Gasteiger partial charge in [0.05, 0.1) is 17.8 Å². The van der Waals surface area contributed by atoms with Crippen LogP contribution >= 0.6 is 0 Å². The minimum Gasteiger partial charge on any atom is -0.351 e. The Bertz CT molecular complexity index is 942. The molecule has 1 aliphatic heterocycles. The fraction of sp³-hybridized carbons (Fsp3) is 0.333. The second-order valence-electron chi connectivity index (χ2n) is 6.63. The van der Waals surface area contributed by atoms with Crippen molar-refractivity contribution in [1.29, 1.82) is 0 Å². The molecule has 1 amide bonds. The molecule has 1 aromatic rings. The van der Waals surface area contributed by atoms with Crippen molar-refractivity contribution in [3.63, 3.8) is 0 Å². The van der Waals surface area contributed by atoms with Crippen LogP contribution in [0.1, 0.15) is 23.6 Å². The SMILES string of the molecule is CN=C(/C=C\N=C(C)c1c(C)cccc1C(F)(F)F)C1=N/N(C)CCNC(=O)\C=C\1. The number of rotatable bonds is 4. The Morgan fingerprint density at radius 2 is 2.03 bits per heavy atom. The number of aliphatic imine (C=N–C) groups is 2. The first-order chi connectivity index (χ1) is 14.1. The highest BCUT2D eigenvalue weighted by Crippen LogP contribution is 2.33. The van der Waals surface area contributed by atoms with Crippen molar-refractivity contribution in [2.45, 2.75) is 20.0 Å². The van der Waals surface area contributed by atoms with Crippen LogP contribution in [0.25, 0.3) is 0 Å². The average Bonchev–Trinajstić information content (AvgIpc) is 2.75. The van der Waals surface area contributed by atoms with Gasteiger partial charge in [0.1, 0.15) is 5.71 Å². The summed E-state index contributed by atoms with van der Waals surface area (Å²) in [6.07, 6.45) is 1.34. The molecule has 0 unspecified atom stereocenters. The number of hydrogen-bond acceptors (Lipinski definition) is 5. The minimum absolute atomic E-state index is 0.0562. The monoisotopic (exact) mass is 419 g/mol. The summed E-state index contributed by atoms with van der Waals surface area (Å²) in [6, 6.07) is 4.03. The molecule has 30 heavy (non-hydrogen) atoms. The molecular weight excluding hydrogens is 395 g/mol. The lowest BCUT2D eigenvalue weighted by Crippen LogP contribution is -2.29. The molecule has 0 spiro atoms. The van der Waals surface area contributed by atoms with Crippen LogP contribution in [0.15, 0.2) is 57.7 Å². The average molecular weight is 419 g/mol. The van der Waals surface area contributed by atoms with Crippen LogP contribution in [0.3, 0.4) is 0 Å². The van der Waals surface area contributed by atoms with Gasteiger partial charge in [-0.05, 0) is 37.6 Å². The van der Waals surface area contributed by atoms with E-state index in [-0.39, 0.29) is 17.2 Å². The van der Waals surface area contributed by atoms with Gasteiger partial charge < -0.3 is 5.32 Å². The maximum absolute atomic E-state index is 13.4. The second kappa shape index (κ2) is 10.00. The number of alkyl halides is 3. The molecule has 0 aliphatic carbocycles. The van der Waals surface area contributed by atoms with E-state index in [4.69, 9.17) is 0 Å². The predicted octanol–water partition coefficient (Wildman–Crippen LogP) is 3.38. The number of amides is 1. The summed E-state index contributed by atoms with van der Waals surface area (Å²) in [6.45, 7) is 4.11. The lowest BCUT2D eigenvalue weighted by Gasteiger charge is -2.14. The van der Waals surface area contributed by atoms with E-state index in [1.807, 2.05) is 0 Å². The van der Waals surface area contributed by atoms with Crippen molar-refractivity contribution >= 4 is 23.0 Å². The summed E-state index contributed by atoms with van der Waals surface area (Å²) in [5, 5.41) is 8.80. The van der Waals surface area contributed by atoms with E-state index in [1.54, 1.807) is 38.2 Å². The van der Waals surface area contributed by atoms with Gasteiger partial charge in [0.2, 0.25) is 5.91 Å². The van der Waals surface area contributed by atoms with E-state index < -0.39 is 11.7 Å². The van der Waals surface area contributed by atoms with Gasteiger partial charge in [0.15, 0.2) is 0 Å². The lowest BCUT2D eigenvalue weighted by molar-refractivity contribution is -0.137. The largest absolute Gasteiger partial charge is 0.417 e. The zero-order chi connectivity index (χ0) is 22.3. The van der Waals surface area contributed by atoms with Crippen LogP contribution in [-0.4, -0.2) is 55.2 Å². The van der Waals surface area contributed by atoms with Gasteiger partial charge in [0, 0.05) is 44.2 Å². The van der Waals surface area contributed by atoms with Crippen LogP contribution in [-0.2, 0) is 11.0 Å². The summed E-state index contributed by atoms with van der Waals surface area (Å²) < 4.78 is 40.1. The summed E-state index contributed by atoms with van der Waals surface area (Å²) in [5.41, 5.74) is 0.923. The maximum atomic E-state index is 13.4. The van der Waals surface area contributed by atoms with Crippen LogP contribution in [0.5, 0.6) is 0 Å². The molecule has 0 bridgehead atoms. The molecule has 0 aromatic heterocycles. The van der Waals surface area contributed by atoms with Gasteiger partial charge in [-0.3, -0.25) is 19.8 Å². The number of aryl methyl sites for hydroxylation is 1. The molecule has 1 aliphatic rings. The maximum Gasteiger partial charge on any atom is 0.417 e. The molecule has 0 atom stereocenters. The Morgan fingerprint density at radius 3 is 2.70 bits per heavy atom. The number of carbonyl (C=O) groups excluding carboxylic acids is 1. The van der Waals surface area contributed by atoms with Crippen molar-refractivity contribution in [2.75, 3.05) is 27.2 Å². The highest BCUT2D eigenvalue weighted by atomic mass is 19.4. The van der Waals surface area contributed by atoms with Crippen molar-refractivity contribution in [1.82, 2.24) is 10.3 Å². The van der Waals surface area contributed by atoms with E-state index in [2.05, 4.69) is 20.4 Å². The lowest BCUT2D eigenvalue weighted by atomic mass is 9.98. The zero-order valence-electron chi connectivity index (χ0n) is 17.3. The molecule has 6 nitrogen and oxygen atoms in total. The molecule has 0 radical (unpaired) electrons. The molecule has 2 rings (SSSR count). The smallest absolute Gasteiger partial charge is 0.351 e. The number of likely N-dealkylation sites (N-methyl/N-ethyl adjacent to an activating group) is 1. The normalized spacial score (nSPS) is 19.6. The standard InChI is InChI=1S/C21H24F3N5O/c1-14-6-5-7-16(21(22,23)24)20(14)15(2)26-11-10-17(25-3)18-8-9-19(30)27-12-13-29(4)28-18/h5-11H,12-13H2,1-4H3,(H,27,30)/b9-8+,11-10-,25-17?,26-15?,28-18+. The Balaban J connectivity index is 2.35. The van der Waals surface area contributed by atoms with Gasteiger partial charge in [-0.2, -0.15) is 18.3 Å². The number of hydrazone groups is 1. The number of carbonyl (C=O) groups is 1. The molecule has 1 heterocycles. The molecule has 0 saturated carbocycles. The van der Waals surface area contributed by atoms with E-state index >= 15 is 0 Å². The Hall–Kier alpha value is -3.23. The number of allylic oxidation sites excluding steroid dienone is 2. The van der Waals surface area contributed by atoms with Crippen LogP contribution < -0.4 is 5.32 Å². The fourth-order valence-corrected chi connectivity index (χ4v) is 2.90. The zero-order valence-corrected chi connectivity index (χ0v) is 17.3. The quantitative estimate of drug-likeness (QED) is 0.761. The van der Waals surface area contributed by atoms with Crippen molar-refractivity contribution < 1.29 is 18.0 Å². The Morgan fingerprint density at radius 1 is 1.30 bits per heavy atom. The predicted molar refractivity (Wildman–Crippen MR) is 113 cm³/mol. The van der Waals surface area contributed by atoms with Gasteiger partial charge >= 0.3 is 6.18 Å². The molecular formula is C21H24F3N5O. The molecule has 0 fully saturated rings. The summed E-state index contributed by atoms with van der Waals surface area (Å²) in [4.78, 5) is 20.1. The molecule has 0 saturated heterocycles. The molecule has 1 aromatic carbocycles. The minimum atomic E-state index is -4.47. The highest BCUT2D eigenvalue weighted by Gasteiger charge is 2.34. The summed E-state index contributed by atoms with van der Waals surface area (Å²) in [5.74, 6) is -0.245. The first kappa shape index (κ1) is 23.1. The summed E-state index contributed by atoms with van der Waals surface area (Å²) >= 11 is 0. The first-order valence-electron chi connectivity index (χ1n) is 9.24. The van der Waals surface area contributed by atoms with E-state index in [0.29, 0.717) is 30.1 Å². The van der Waals surface area contributed by atoms with E-state index in [1.165, 1.54) is 31.3 Å². The Kier molecular flexibility index (Phi) is 7.68. The fourth-order valence-electron chi connectivity index (χ4n) is 2.90. The van der Waals surface area contributed by atoms with Gasteiger partial charge in [-0.25, -0.2) is 0 Å². The van der Waals surface area contributed by atoms with E-state index in [0.717, 1.165) is 6.07 Å². The number of nitrogens with zero attached hydrogens (tertiary/aromatic N) is 4. The number of benzene rings is 1. The number of halogens is 3. The molecule has 9 heteroatoms. The van der Waals surface area contributed by atoms with Crippen LogP contribution in [0.4, 0.5) is 13.2 Å². The number of hydrogen-bond donors (Lipinski definition) is 1. The highest BCUT2D eigenvalue weighted by molar-refractivity contribution is 6.50. The topological polar surface area (TPSA) is 69.4 Å². The van der Waals surface area contributed by atoms with Gasteiger partial charge in [-0.15, -0.1) is 0 Å². The first-order valence-corrected chi connectivity index (χ1v) is 9.24. The van der Waals surface area contributed by atoms with Crippen LogP contribution in [0.2, 0.25) is 0 Å². The third kappa shape index (κ3) is 6.13. The van der Waals surface area contributed by atoms with E-state index in [9.17, 15) is 18.0 Å². The van der Waals surface area contributed by atoms with Crippen LogP contribution in [0, 0.1) is 6.92 Å². The third-order valence-corrected chi connectivity index (χ3v) is 4.35. The van der Waals surface area contributed by atoms with Crippen molar-refractivity contribution in [3.8, 4) is 0 Å². The van der Waals surface area contributed by atoms with Gasteiger partial charge in [-0.1, -0.05) is 12.1 Å². The molecule has 1 N–H and O–H groups in total.